The molecule has 5 nitrogen and oxygen atoms in total. The maximum Gasteiger partial charge on any atom is 0.273 e. The first-order valence-electron chi connectivity index (χ1n) is 4.35. The molecule has 1 aromatic heterocycles. The maximum atomic E-state index is 11.5. The Labute approximate surface area is 85.8 Å². The minimum absolute atomic E-state index is 0.0327. The van der Waals surface area contributed by atoms with E-state index in [4.69, 9.17) is 0 Å². The molecule has 3 N–H and O–H groups in total. The fourth-order valence-electron chi connectivity index (χ4n) is 1.15. The molecule has 2 rings (SSSR count). The molecule has 0 aliphatic carbocycles. The number of amides is 1. The molecule has 76 valence electrons. The third-order valence-electron chi connectivity index (χ3n) is 1.90. The van der Waals surface area contributed by atoms with Crippen molar-refractivity contribution in [3.8, 4) is 5.75 Å². The van der Waals surface area contributed by atoms with Gasteiger partial charge in [-0.1, -0.05) is 12.1 Å². The Kier molecular flexibility index (Phi) is 2.37. The van der Waals surface area contributed by atoms with E-state index in [1.165, 1.54) is 18.6 Å². The van der Waals surface area contributed by atoms with Crippen LogP contribution in [-0.2, 0) is 0 Å². The first-order chi connectivity index (χ1) is 7.27. The number of hydrogen-bond donors (Lipinski definition) is 3. The van der Waals surface area contributed by atoms with Gasteiger partial charge in [-0.05, 0) is 12.1 Å². The van der Waals surface area contributed by atoms with Gasteiger partial charge in [0.15, 0.2) is 0 Å². The molecule has 0 atom stereocenters. The highest BCUT2D eigenvalue weighted by Gasteiger charge is 2.08. The third kappa shape index (κ3) is 1.96. The first kappa shape index (κ1) is 9.26. The molecule has 2 aromatic rings. The lowest BCUT2D eigenvalue weighted by atomic mass is 10.3. The second-order valence-corrected chi connectivity index (χ2v) is 2.94. The molecule has 1 heterocycles. The van der Waals surface area contributed by atoms with E-state index >= 15 is 0 Å². The average molecular weight is 203 g/mol. The van der Waals surface area contributed by atoms with Crippen molar-refractivity contribution in [1.82, 2.24) is 9.97 Å². The van der Waals surface area contributed by atoms with Gasteiger partial charge in [0.2, 0.25) is 0 Å². The van der Waals surface area contributed by atoms with Crippen LogP contribution in [0.15, 0.2) is 36.8 Å². The van der Waals surface area contributed by atoms with Crippen molar-refractivity contribution < 1.29 is 9.90 Å². The summed E-state index contributed by atoms with van der Waals surface area (Å²) in [7, 11) is 0. The van der Waals surface area contributed by atoms with E-state index in [0.717, 1.165) is 0 Å². The van der Waals surface area contributed by atoms with Gasteiger partial charge in [0.05, 0.1) is 18.2 Å². The molecule has 0 saturated carbocycles. The lowest BCUT2D eigenvalue weighted by molar-refractivity contribution is 0.102. The third-order valence-corrected chi connectivity index (χ3v) is 1.90. The van der Waals surface area contributed by atoms with Gasteiger partial charge < -0.3 is 15.4 Å². The van der Waals surface area contributed by atoms with Crippen molar-refractivity contribution in [2.45, 2.75) is 0 Å². The van der Waals surface area contributed by atoms with Crippen molar-refractivity contribution in [3.63, 3.8) is 0 Å². The predicted octanol–water partition coefficient (Wildman–Crippen LogP) is 1.37. The van der Waals surface area contributed by atoms with Gasteiger partial charge >= 0.3 is 0 Å². The molecular formula is C10H9N3O2. The van der Waals surface area contributed by atoms with Crippen LogP contribution in [0.5, 0.6) is 5.75 Å². The summed E-state index contributed by atoms with van der Waals surface area (Å²) in [6.45, 7) is 0. The summed E-state index contributed by atoms with van der Waals surface area (Å²) < 4.78 is 0. The average Bonchev–Trinajstić information content (AvgIpc) is 2.74. The largest absolute Gasteiger partial charge is 0.506 e. The Morgan fingerprint density at radius 2 is 2.20 bits per heavy atom. The number of para-hydroxylation sites is 2. The number of benzene rings is 1. The van der Waals surface area contributed by atoms with Crippen LogP contribution in [0.1, 0.15) is 10.5 Å². The Balaban J connectivity index is 2.17. The van der Waals surface area contributed by atoms with Crippen molar-refractivity contribution in [1.29, 1.82) is 0 Å². The highest BCUT2D eigenvalue weighted by atomic mass is 16.3. The number of aromatic hydroxyl groups is 1. The fourth-order valence-corrected chi connectivity index (χ4v) is 1.15. The zero-order valence-corrected chi connectivity index (χ0v) is 7.77. The van der Waals surface area contributed by atoms with E-state index in [1.807, 2.05) is 0 Å². The van der Waals surface area contributed by atoms with Crippen LogP contribution < -0.4 is 5.32 Å². The molecule has 0 bridgehead atoms. The standard InChI is InChI=1S/C10H9N3O2/c14-9-4-2-1-3-7(9)13-10(15)8-5-11-6-12-8/h1-6,14H,(H,11,12)(H,13,15). The normalized spacial score (nSPS) is 9.87. The Hall–Kier alpha value is -2.30. The summed E-state index contributed by atoms with van der Waals surface area (Å²) in [5.41, 5.74) is 0.718. The molecule has 0 aliphatic rings. The number of phenolic OH excluding ortho intramolecular Hbond substituents is 1. The van der Waals surface area contributed by atoms with E-state index in [-0.39, 0.29) is 11.7 Å². The summed E-state index contributed by atoms with van der Waals surface area (Å²) in [4.78, 5) is 17.9. The fraction of sp³-hybridized carbons (Fsp3) is 0. The van der Waals surface area contributed by atoms with Crippen molar-refractivity contribution in [2.75, 3.05) is 5.32 Å². The molecule has 15 heavy (non-hydrogen) atoms. The number of anilines is 1. The molecule has 0 radical (unpaired) electrons. The highest BCUT2D eigenvalue weighted by molar-refractivity contribution is 6.03. The molecule has 0 saturated heterocycles. The zero-order valence-electron chi connectivity index (χ0n) is 7.77. The number of hydrogen-bond acceptors (Lipinski definition) is 3. The Morgan fingerprint density at radius 1 is 1.40 bits per heavy atom. The number of carbonyl (C=O) groups excluding carboxylic acids is 1. The zero-order chi connectivity index (χ0) is 10.7. The number of imidazole rings is 1. The number of nitrogens with zero attached hydrogens (tertiary/aromatic N) is 1. The van der Waals surface area contributed by atoms with Crippen LogP contribution in [-0.4, -0.2) is 21.0 Å². The van der Waals surface area contributed by atoms with Crippen LogP contribution in [0, 0.1) is 0 Å². The molecular weight excluding hydrogens is 194 g/mol. The van der Waals surface area contributed by atoms with Gasteiger partial charge in [-0.3, -0.25) is 4.79 Å². The molecule has 1 aromatic carbocycles. The van der Waals surface area contributed by atoms with Gasteiger partial charge in [0.25, 0.3) is 5.91 Å². The van der Waals surface area contributed by atoms with Crippen LogP contribution in [0.2, 0.25) is 0 Å². The summed E-state index contributed by atoms with van der Waals surface area (Å²) in [5.74, 6) is -0.306. The van der Waals surface area contributed by atoms with Gasteiger partial charge in [-0.15, -0.1) is 0 Å². The first-order valence-corrected chi connectivity index (χ1v) is 4.35. The van der Waals surface area contributed by atoms with Crippen LogP contribution in [0.25, 0.3) is 0 Å². The lowest BCUT2D eigenvalue weighted by Gasteiger charge is -2.04. The van der Waals surface area contributed by atoms with Crippen LogP contribution >= 0.6 is 0 Å². The molecule has 5 heteroatoms. The maximum absolute atomic E-state index is 11.5. The van der Waals surface area contributed by atoms with E-state index in [2.05, 4.69) is 15.3 Å². The topological polar surface area (TPSA) is 78.0 Å². The molecule has 0 aliphatic heterocycles. The predicted molar refractivity (Wildman–Crippen MR) is 54.6 cm³/mol. The summed E-state index contributed by atoms with van der Waals surface area (Å²) in [5, 5.41) is 12.0. The van der Waals surface area contributed by atoms with E-state index < -0.39 is 0 Å². The van der Waals surface area contributed by atoms with E-state index in [0.29, 0.717) is 11.4 Å². The summed E-state index contributed by atoms with van der Waals surface area (Å²) in [6.07, 6.45) is 2.83. The Morgan fingerprint density at radius 3 is 2.87 bits per heavy atom. The minimum Gasteiger partial charge on any atom is -0.506 e. The molecule has 0 unspecified atom stereocenters. The number of H-pyrrole nitrogens is 1. The van der Waals surface area contributed by atoms with Gasteiger partial charge in [0, 0.05) is 0 Å². The number of aromatic nitrogens is 2. The van der Waals surface area contributed by atoms with E-state index in [9.17, 15) is 9.90 Å². The highest BCUT2D eigenvalue weighted by Crippen LogP contribution is 2.21. The lowest BCUT2D eigenvalue weighted by Crippen LogP contribution is -2.12. The minimum atomic E-state index is -0.339. The number of nitrogens with one attached hydrogen (secondary N) is 2. The van der Waals surface area contributed by atoms with E-state index in [1.54, 1.807) is 18.2 Å². The second kappa shape index (κ2) is 3.83. The van der Waals surface area contributed by atoms with Crippen LogP contribution in [0.3, 0.4) is 0 Å². The van der Waals surface area contributed by atoms with Crippen LogP contribution in [0.4, 0.5) is 5.69 Å². The number of rotatable bonds is 2. The van der Waals surface area contributed by atoms with Gasteiger partial charge in [-0.2, -0.15) is 0 Å². The number of aromatic amines is 1. The van der Waals surface area contributed by atoms with Crippen molar-refractivity contribution >= 4 is 11.6 Å². The molecule has 0 spiro atoms. The monoisotopic (exact) mass is 203 g/mol. The van der Waals surface area contributed by atoms with Gasteiger partial charge in [-0.25, -0.2) is 4.98 Å². The number of carbonyl (C=O) groups is 1. The van der Waals surface area contributed by atoms with Gasteiger partial charge in [0.1, 0.15) is 11.4 Å². The number of phenols is 1. The molecule has 1 amide bonds. The molecule has 0 fully saturated rings. The van der Waals surface area contributed by atoms with Crippen molar-refractivity contribution in [3.05, 3.63) is 42.5 Å². The Bertz CT molecular complexity index is 465. The summed E-state index contributed by atoms with van der Waals surface area (Å²) >= 11 is 0. The smallest absolute Gasteiger partial charge is 0.273 e. The second-order valence-electron chi connectivity index (χ2n) is 2.94. The SMILES string of the molecule is O=C(Nc1ccccc1O)c1cnc[nH]1. The summed E-state index contributed by atoms with van der Waals surface area (Å²) in [6, 6.07) is 6.52. The quantitative estimate of drug-likeness (QED) is 0.645. The van der Waals surface area contributed by atoms with Crippen molar-refractivity contribution in [2.24, 2.45) is 0 Å².